The number of aromatic nitrogens is 4. The van der Waals surface area contributed by atoms with Crippen LogP contribution in [0.2, 0.25) is 0 Å². The predicted octanol–water partition coefficient (Wildman–Crippen LogP) is 2.52. The number of benzene rings is 1. The van der Waals surface area contributed by atoms with Crippen molar-refractivity contribution < 1.29 is 4.79 Å². The number of carbonyl (C=O) groups excluding carboxylic acids is 1. The first-order valence-electron chi connectivity index (χ1n) is 7.07. The molecule has 0 unspecified atom stereocenters. The van der Waals surface area contributed by atoms with Gasteiger partial charge in [-0.1, -0.05) is 42.1 Å². The van der Waals surface area contributed by atoms with Crippen molar-refractivity contribution >= 4 is 23.4 Å². The number of hydrogen-bond donors (Lipinski definition) is 2. The van der Waals surface area contributed by atoms with E-state index in [2.05, 4.69) is 25.5 Å². The lowest BCUT2D eigenvalue weighted by molar-refractivity contribution is -0.113. The molecule has 23 heavy (non-hydrogen) atoms. The standard InChI is InChI=1S/C16H15N5OS/c22-15(18-13-7-4-8-17-10-13)11-23-16-19-14(20-21-16)9-12-5-2-1-3-6-12/h1-8,10H,9,11H2,(H,18,22)(H,19,20,21). The summed E-state index contributed by atoms with van der Waals surface area (Å²) in [6.07, 6.45) is 3.95. The summed E-state index contributed by atoms with van der Waals surface area (Å²) in [5.74, 6) is 0.918. The minimum atomic E-state index is -0.114. The zero-order chi connectivity index (χ0) is 15.9. The summed E-state index contributed by atoms with van der Waals surface area (Å²) in [4.78, 5) is 20.2. The number of nitrogens with one attached hydrogen (secondary N) is 2. The molecule has 0 saturated heterocycles. The number of aromatic amines is 1. The van der Waals surface area contributed by atoms with E-state index in [0.717, 1.165) is 11.4 Å². The van der Waals surface area contributed by atoms with Crippen LogP contribution in [-0.4, -0.2) is 31.8 Å². The lowest BCUT2D eigenvalue weighted by Crippen LogP contribution is -2.14. The molecule has 0 saturated carbocycles. The van der Waals surface area contributed by atoms with Crippen LogP contribution in [-0.2, 0) is 11.2 Å². The van der Waals surface area contributed by atoms with Crippen molar-refractivity contribution in [2.45, 2.75) is 11.6 Å². The van der Waals surface area contributed by atoms with Gasteiger partial charge in [-0.25, -0.2) is 4.98 Å². The lowest BCUT2D eigenvalue weighted by Gasteiger charge is -2.02. The van der Waals surface area contributed by atoms with Gasteiger partial charge >= 0.3 is 0 Å². The number of amides is 1. The molecule has 2 heterocycles. The molecule has 0 bridgehead atoms. The highest BCUT2D eigenvalue weighted by molar-refractivity contribution is 7.99. The van der Waals surface area contributed by atoms with Gasteiger partial charge in [0.15, 0.2) is 0 Å². The molecule has 0 spiro atoms. The minimum Gasteiger partial charge on any atom is -0.324 e. The van der Waals surface area contributed by atoms with Crippen molar-refractivity contribution in [1.29, 1.82) is 0 Å². The van der Waals surface area contributed by atoms with Crippen LogP contribution in [0.25, 0.3) is 0 Å². The van der Waals surface area contributed by atoms with Gasteiger partial charge in [0, 0.05) is 12.6 Å². The zero-order valence-electron chi connectivity index (χ0n) is 12.3. The number of anilines is 1. The Morgan fingerprint density at radius 2 is 2.04 bits per heavy atom. The molecule has 7 heteroatoms. The van der Waals surface area contributed by atoms with Gasteiger partial charge in [0.1, 0.15) is 5.82 Å². The first-order valence-corrected chi connectivity index (χ1v) is 8.06. The summed E-state index contributed by atoms with van der Waals surface area (Å²) >= 11 is 1.29. The van der Waals surface area contributed by atoms with E-state index in [0.29, 0.717) is 17.3 Å². The van der Waals surface area contributed by atoms with Gasteiger partial charge in [-0.05, 0) is 17.7 Å². The van der Waals surface area contributed by atoms with E-state index in [1.165, 1.54) is 11.8 Å². The summed E-state index contributed by atoms with van der Waals surface area (Å²) in [6, 6.07) is 13.6. The molecule has 0 aliphatic rings. The fourth-order valence-corrected chi connectivity index (χ4v) is 2.59. The van der Waals surface area contributed by atoms with Crippen LogP contribution in [0.1, 0.15) is 11.4 Å². The van der Waals surface area contributed by atoms with E-state index in [1.54, 1.807) is 24.5 Å². The van der Waals surface area contributed by atoms with Crippen molar-refractivity contribution in [3.63, 3.8) is 0 Å². The molecule has 3 rings (SSSR count). The van der Waals surface area contributed by atoms with Crippen molar-refractivity contribution in [3.05, 3.63) is 66.2 Å². The Labute approximate surface area is 137 Å². The van der Waals surface area contributed by atoms with Crippen LogP contribution < -0.4 is 5.32 Å². The van der Waals surface area contributed by atoms with Gasteiger partial charge in [0.25, 0.3) is 0 Å². The lowest BCUT2D eigenvalue weighted by atomic mass is 10.1. The van der Waals surface area contributed by atoms with Crippen LogP contribution in [0.4, 0.5) is 5.69 Å². The van der Waals surface area contributed by atoms with Gasteiger partial charge in [-0.2, -0.15) is 0 Å². The first-order chi connectivity index (χ1) is 11.3. The molecule has 0 aliphatic carbocycles. The summed E-state index contributed by atoms with van der Waals surface area (Å²) < 4.78 is 0. The first kappa shape index (κ1) is 15.2. The van der Waals surface area contributed by atoms with E-state index in [-0.39, 0.29) is 11.7 Å². The maximum Gasteiger partial charge on any atom is 0.234 e. The highest BCUT2D eigenvalue weighted by atomic mass is 32.2. The largest absolute Gasteiger partial charge is 0.324 e. The van der Waals surface area contributed by atoms with E-state index >= 15 is 0 Å². The highest BCUT2D eigenvalue weighted by Crippen LogP contribution is 2.14. The third-order valence-electron chi connectivity index (χ3n) is 3.00. The highest BCUT2D eigenvalue weighted by Gasteiger charge is 2.08. The average molecular weight is 325 g/mol. The summed E-state index contributed by atoms with van der Waals surface area (Å²) in [6.45, 7) is 0. The molecule has 2 aromatic heterocycles. The van der Waals surface area contributed by atoms with Gasteiger partial charge in [0.05, 0.1) is 17.6 Å². The van der Waals surface area contributed by atoms with Crippen LogP contribution in [0.15, 0.2) is 60.0 Å². The maximum absolute atomic E-state index is 11.9. The fourth-order valence-electron chi connectivity index (χ4n) is 1.97. The molecule has 0 aliphatic heterocycles. The number of nitrogens with zero attached hydrogens (tertiary/aromatic N) is 3. The molecule has 0 fully saturated rings. The molecule has 2 N–H and O–H groups in total. The second-order valence-electron chi connectivity index (χ2n) is 4.81. The Balaban J connectivity index is 1.50. The van der Waals surface area contributed by atoms with E-state index < -0.39 is 0 Å². The number of thioether (sulfide) groups is 1. The Hall–Kier alpha value is -2.67. The summed E-state index contributed by atoms with van der Waals surface area (Å²) in [5, 5.41) is 10.4. The van der Waals surface area contributed by atoms with Gasteiger partial charge in [0.2, 0.25) is 11.1 Å². The molecule has 3 aromatic rings. The summed E-state index contributed by atoms with van der Waals surface area (Å²) in [7, 11) is 0. The topological polar surface area (TPSA) is 83.6 Å². The smallest absolute Gasteiger partial charge is 0.234 e. The Morgan fingerprint density at radius 1 is 1.17 bits per heavy atom. The van der Waals surface area contributed by atoms with Crippen molar-refractivity contribution in [3.8, 4) is 0 Å². The number of H-pyrrole nitrogens is 1. The summed E-state index contributed by atoms with van der Waals surface area (Å²) in [5.41, 5.74) is 1.84. The molecular formula is C16H15N5OS. The number of hydrogen-bond acceptors (Lipinski definition) is 5. The van der Waals surface area contributed by atoms with Crippen molar-refractivity contribution in [2.75, 3.05) is 11.1 Å². The fraction of sp³-hybridized carbons (Fsp3) is 0.125. The van der Waals surface area contributed by atoms with Crippen molar-refractivity contribution in [2.24, 2.45) is 0 Å². The predicted molar refractivity (Wildman–Crippen MR) is 89.2 cm³/mol. The van der Waals surface area contributed by atoms with Crippen LogP contribution >= 0.6 is 11.8 Å². The Morgan fingerprint density at radius 3 is 2.83 bits per heavy atom. The van der Waals surface area contributed by atoms with Crippen LogP contribution in [0.3, 0.4) is 0 Å². The minimum absolute atomic E-state index is 0.114. The third kappa shape index (κ3) is 4.65. The van der Waals surface area contributed by atoms with E-state index in [1.807, 2.05) is 30.3 Å². The Bertz CT molecular complexity index is 760. The number of pyridine rings is 1. The van der Waals surface area contributed by atoms with Crippen LogP contribution in [0, 0.1) is 0 Å². The van der Waals surface area contributed by atoms with E-state index in [9.17, 15) is 4.79 Å². The van der Waals surface area contributed by atoms with Crippen LogP contribution in [0.5, 0.6) is 0 Å². The molecular weight excluding hydrogens is 310 g/mol. The number of carbonyl (C=O) groups is 1. The average Bonchev–Trinajstić information content (AvgIpc) is 3.02. The van der Waals surface area contributed by atoms with E-state index in [4.69, 9.17) is 0 Å². The molecule has 0 radical (unpaired) electrons. The van der Waals surface area contributed by atoms with Crippen molar-refractivity contribution in [1.82, 2.24) is 20.2 Å². The maximum atomic E-state index is 11.9. The normalized spacial score (nSPS) is 10.4. The molecule has 1 amide bonds. The third-order valence-corrected chi connectivity index (χ3v) is 3.85. The zero-order valence-corrected chi connectivity index (χ0v) is 13.1. The van der Waals surface area contributed by atoms with Gasteiger partial charge in [-0.3, -0.25) is 14.9 Å². The number of rotatable bonds is 6. The monoisotopic (exact) mass is 325 g/mol. The Kier molecular flexibility index (Phi) is 5.00. The molecule has 116 valence electrons. The second-order valence-corrected chi connectivity index (χ2v) is 5.75. The molecule has 6 nitrogen and oxygen atoms in total. The quantitative estimate of drug-likeness (QED) is 0.680. The SMILES string of the molecule is O=C(CSc1n[nH]c(Cc2ccccc2)n1)Nc1cccnc1. The van der Waals surface area contributed by atoms with Gasteiger partial charge in [-0.15, -0.1) is 5.10 Å². The second kappa shape index (κ2) is 7.55. The molecule has 1 aromatic carbocycles. The molecule has 0 atom stereocenters. The van der Waals surface area contributed by atoms with Gasteiger partial charge < -0.3 is 5.32 Å².